The first-order valence-electron chi connectivity index (χ1n) is 18.1. The van der Waals surface area contributed by atoms with Gasteiger partial charge in [0.15, 0.2) is 11.6 Å². The van der Waals surface area contributed by atoms with E-state index in [4.69, 9.17) is 15.0 Å². The minimum atomic E-state index is 0.583. The molecule has 0 fully saturated rings. The van der Waals surface area contributed by atoms with Gasteiger partial charge >= 0.3 is 0 Å². The zero-order valence-electron chi connectivity index (χ0n) is 29.0. The maximum absolute atomic E-state index is 5.28. The molecule has 252 valence electrons. The van der Waals surface area contributed by atoms with Crippen LogP contribution in [0.2, 0.25) is 0 Å². The molecule has 11 rings (SSSR count). The predicted octanol–water partition coefficient (Wildman–Crippen LogP) is 13.2. The van der Waals surface area contributed by atoms with Crippen molar-refractivity contribution in [3.05, 3.63) is 182 Å². The summed E-state index contributed by atoms with van der Waals surface area (Å²) in [5.41, 5.74) is 8.64. The van der Waals surface area contributed by atoms with Gasteiger partial charge < -0.3 is 0 Å². The highest BCUT2D eigenvalue weighted by molar-refractivity contribution is 7.26. The Morgan fingerprint density at radius 2 is 0.963 bits per heavy atom. The Morgan fingerprint density at radius 3 is 1.74 bits per heavy atom. The first-order valence-corrected chi connectivity index (χ1v) is 18.9. The van der Waals surface area contributed by atoms with Crippen LogP contribution in [-0.4, -0.2) is 19.5 Å². The smallest absolute Gasteiger partial charge is 0.238 e. The first-order chi connectivity index (χ1) is 26.8. The van der Waals surface area contributed by atoms with E-state index in [2.05, 4.69) is 162 Å². The molecule has 0 N–H and O–H groups in total. The Bertz CT molecular complexity index is 3200. The minimum Gasteiger partial charge on any atom is -0.277 e. The Morgan fingerprint density at radius 1 is 0.389 bits per heavy atom. The molecule has 0 amide bonds. The van der Waals surface area contributed by atoms with Crippen molar-refractivity contribution in [1.82, 2.24) is 19.5 Å². The van der Waals surface area contributed by atoms with Gasteiger partial charge in [0.05, 0.1) is 11.0 Å². The van der Waals surface area contributed by atoms with Gasteiger partial charge in [-0.3, -0.25) is 4.57 Å². The second kappa shape index (κ2) is 12.3. The van der Waals surface area contributed by atoms with Crippen molar-refractivity contribution in [2.45, 2.75) is 0 Å². The van der Waals surface area contributed by atoms with Crippen molar-refractivity contribution in [1.29, 1.82) is 0 Å². The van der Waals surface area contributed by atoms with Crippen LogP contribution in [0.4, 0.5) is 0 Å². The molecule has 8 aromatic carbocycles. The van der Waals surface area contributed by atoms with Crippen molar-refractivity contribution >= 4 is 64.1 Å². The van der Waals surface area contributed by atoms with Crippen LogP contribution >= 0.6 is 11.3 Å². The van der Waals surface area contributed by atoms with Gasteiger partial charge in [-0.1, -0.05) is 170 Å². The summed E-state index contributed by atoms with van der Waals surface area (Å²) >= 11 is 1.86. The van der Waals surface area contributed by atoms with Crippen LogP contribution in [-0.2, 0) is 0 Å². The molecule has 4 nitrogen and oxygen atoms in total. The average Bonchev–Trinajstić information content (AvgIpc) is 3.81. The zero-order chi connectivity index (χ0) is 35.6. The van der Waals surface area contributed by atoms with Gasteiger partial charge in [0.2, 0.25) is 5.95 Å². The summed E-state index contributed by atoms with van der Waals surface area (Å²) < 4.78 is 4.81. The number of para-hydroxylation sites is 2. The molecule has 0 saturated heterocycles. The molecule has 0 aliphatic rings. The third-order valence-corrected chi connectivity index (χ3v) is 11.7. The maximum atomic E-state index is 5.28. The van der Waals surface area contributed by atoms with E-state index in [0.29, 0.717) is 17.6 Å². The highest BCUT2D eigenvalue weighted by Gasteiger charge is 2.22. The number of thiophene rings is 1. The molecule has 11 aromatic rings. The quantitative estimate of drug-likeness (QED) is 0.179. The summed E-state index contributed by atoms with van der Waals surface area (Å²) in [5, 5.41) is 7.44. The summed E-state index contributed by atoms with van der Waals surface area (Å²) in [5.74, 6) is 1.84. The Hall–Kier alpha value is -6.95. The van der Waals surface area contributed by atoms with Gasteiger partial charge in [-0.25, -0.2) is 4.98 Å². The summed E-state index contributed by atoms with van der Waals surface area (Å²) in [6.45, 7) is 0. The molecule has 3 heterocycles. The molecule has 0 spiro atoms. The lowest BCUT2D eigenvalue weighted by Crippen LogP contribution is -2.07. The molecule has 0 unspecified atom stereocenters. The van der Waals surface area contributed by atoms with Crippen molar-refractivity contribution in [3.63, 3.8) is 0 Å². The lowest BCUT2D eigenvalue weighted by molar-refractivity contribution is 0.954. The van der Waals surface area contributed by atoms with E-state index in [1.54, 1.807) is 0 Å². The van der Waals surface area contributed by atoms with Gasteiger partial charge in [-0.05, 0) is 34.0 Å². The van der Waals surface area contributed by atoms with Crippen LogP contribution in [0.5, 0.6) is 0 Å². The van der Waals surface area contributed by atoms with E-state index in [9.17, 15) is 0 Å². The Kier molecular flexibility index (Phi) is 7.00. The van der Waals surface area contributed by atoms with Crippen LogP contribution in [0, 0.1) is 0 Å². The fourth-order valence-electron chi connectivity index (χ4n) is 7.98. The third kappa shape index (κ3) is 4.86. The summed E-state index contributed by atoms with van der Waals surface area (Å²) in [7, 11) is 0. The second-order valence-corrected chi connectivity index (χ2v) is 14.6. The highest BCUT2D eigenvalue weighted by Crippen LogP contribution is 2.45. The Labute approximate surface area is 315 Å². The van der Waals surface area contributed by atoms with E-state index in [-0.39, 0.29) is 0 Å². The molecule has 0 aliphatic carbocycles. The molecular formula is C49H30N4S. The molecular weight excluding hydrogens is 677 g/mol. The summed E-state index contributed by atoms with van der Waals surface area (Å²) in [6, 6.07) is 64.3. The number of fused-ring (bicyclic) bond motifs is 8. The number of nitrogens with zero attached hydrogens (tertiary/aromatic N) is 4. The van der Waals surface area contributed by atoms with Gasteiger partial charge in [-0.2, -0.15) is 9.97 Å². The number of hydrogen-bond donors (Lipinski definition) is 0. The average molecular weight is 707 g/mol. The fourth-order valence-corrected chi connectivity index (χ4v) is 9.22. The van der Waals surface area contributed by atoms with Gasteiger partial charge in [0.25, 0.3) is 0 Å². The van der Waals surface area contributed by atoms with E-state index in [1.807, 2.05) is 35.6 Å². The topological polar surface area (TPSA) is 43.6 Å². The first kappa shape index (κ1) is 30.7. The van der Waals surface area contributed by atoms with Crippen LogP contribution < -0.4 is 0 Å². The van der Waals surface area contributed by atoms with Crippen molar-refractivity contribution in [2.75, 3.05) is 0 Å². The van der Waals surface area contributed by atoms with E-state index >= 15 is 0 Å². The molecule has 0 saturated carbocycles. The SMILES string of the molecule is c1ccc(-c2ccc(-c3nc(-c4ccccc4)nc(-n4c5ccccc5c5cccc(-c6cccc7c6sc6ccc8ccccc8c67)c54)n3)cc2)cc1. The largest absolute Gasteiger partial charge is 0.277 e. The molecule has 0 aliphatic heterocycles. The van der Waals surface area contributed by atoms with Crippen molar-refractivity contribution in [2.24, 2.45) is 0 Å². The fraction of sp³-hybridized carbons (Fsp3) is 0. The van der Waals surface area contributed by atoms with Gasteiger partial charge in [0, 0.05) is 53.2 Å². The predicted molar refractivity (Wildman–Crippen MR) is 226 cm³/mol. The zero-order valence-corrected chi connectivity index (χ0v) is 29.8. The lowest BCUT2D eigenvalue weighted by atomic mass is 9.98. The standard InChI is InChI=1S/C49H30N4S/c1-3-13-31(14-4-1)32-25-27-35(28-26-32)48-50-47(34-16-5-2-6-17-34)51-49(52-48)53-42-24-10-9-19-37(42)38-20-11-21-39(45(38)53)40-22-12-23-41-44-36-18-8-7-15-33(36)29-30-43(44)54-46(40)41/h1-30H. The molecule has 5 heteroatoms. The normalized spacial score (nSPS) is 11.7. The van der Waals surface area contributed by atoms with E-state index in [0.717, 1.165) is 44.1 Å². The van der Waals surface area contributed by atoms with Crippen molar-refractivity contribution < 1.29 is 0 Å². The summed E-state index contributed by atoms with van der Waals surface area (Å²) in [4.78, 5) is 15.6. The lowest BCUT2D eigenvalue weighted by Gasteiger charge is -2.13. The number of hydrogen-bond acceptors (Lipinski definition) is 4. The van der Waals surface area contributed by atoms with Gasteiger partial charge in [0.1, 0.15) is 0 Å². The molecule has 0 bridgehead atoms. The van der Waals surface area contributed by atoms with Gasteiger partial charge in [-0.15, -0.1) is 11.3 Å². The molecule has 0 atom stereocenters. The molecule has 0 radical (unpaired) electrons. The number of benzene rings is 8. The van der Waals surface area contributed by atoms with E-state index < -0.39 is 0 Å². The van der Waals surface area contributed by atoms with Crippen LogP contribution in [0.15, 0.2) is 182 Å². The monoisotopic (exact) mass is 706 g/mol. The van der Waals surface area contributed by atoms with Crippen LogP contribution in [0.25, 0.3) is 104 Å². The molecule has 3 aromatic heterocycles. The highest BCUT2D eigenvalue weighted by atomic mass is 32.1. The second-order valence-electron chi connectivity index (χ2n) is 13.6. The van der Waals surface area contributed by atoms with E-state index in [1.165, 1.54) is 42.1 Å². The summed E-state index contributed by atoms with van der Waals surface area (Å²) in [6.07, 6.45) is 0. The minimum absolute atomic E-state index is 0.583. The number of aromatic nitrogens is 4. The third-order valence-electron chi connectivity index (χ3n) is 10.5. The number of rotatable bonds is 5. The van der Waals surface area contributed by atoms with Crippen LogP contribution in [0.3, 0.4) is 0 Å². The van der Waals surface area contributed by atoms with Crippen LogP contribution in [0.1, 0.15) is 0 Å². The molecule has 54 heavy (non-hydrogen) atoms. The maximum Gasteiger partial charge on any atom is 0.238 e. The Balaban J connectivity index is 1.18. The van der Waals surface area contributed by atoms with Crippen molar-refractivity contribution in [3.8, 4) is 51.0 Å².